The predicted molar refractivity (Wildman–Crippen MR) is 112 cm³/mol. The Bertz CT molecular complexity index is 973. The third-order valence-corrected chi connectivity index (χ3v) is 4.72. The topological polar surface area (TPSA) is 55.6 Å². The first-order chi connectivity index (χ1) is 13.5. The van der Waals surface area contributed by atoms with Gasteiger partial charge in [0.05, 0.1) is 6.21 Å². The van der Waals surface area contributed by atoms with E-state index in [4.69, 9.17) is 4.74 Å². The van der Waals surface area contributed by atoms with Gasteiger partial charge >= 0.3 is 0 Å². The molecule has 3 rings (SSSR count). The highest BCUT2D eigenvalue weighted by Crippen LogP contribution is 2.20. The summed E-state index contributed by atoms with van der Waals surface area (Å²) in [5.74, 6) is -0.308. The van der Waals surface area contributed by atoms with Gasteiger partial charge in [-0.1, -0.05) is 48.0 Å². The Kier molecular flexibility index (Phi) is 6.06. The summed E-state index contributed by atoms with van der Waals surface area (Å²) >= 11 is 0. The lowest BCUT2D eigenvalue weighted by Gasteiger charge is -2.13. The molecule has 1 heterocycles. The molecule has 0 aliphatic heterocycles. The van der Waals surface area contributed by atoms with Crippen molar-refractivity contribution in [3.63, 3.8) is 0 Å². The Hall–Kier alpha value is -3.18. The van der Waals surface area contributed by atoms with Crippen molar-refractivity contribution in [1.29, 1.82) is 0 Å². The van der Waals surface area contributed by atoms with Crippen LogP contribution in [0.4, 0.5) is 0 Å². The molecule has 28 heavy (non-hydrogen) atoms. The lowest BCUT2D eigenvalue weighted by atomic mass is 10.1. The van der Waals surface area contributed by atoms with Gasteiger partial charge in [-0.2, -0.15) is 5.10 Å². The highest BCUT2D eigenvalue weighted by molar-refractivity contribution is 5.86. The molecule has 1 unspecified atom stereocenters. The van der Waals surface area contributed by atoms with E-state index >= 15 is 0 Å². The molecule has 1 amide bonds. The van der Waals surface area contributed by atoms with Crippen molar-refractivity contribution >= 4 is 12.1 Å². The number of nitrogens with zero attached hydrogens (tertiary/aromatic N) is 2. The largest absolute Gasteiger partial charge is 0.367 e. The number of amides is 1. The van der Waals surface area contributed by atoms with Crippen molar-refractivity contribution in [3.05, 3.63) is 88.7 Å². The molecule has 3 aromatic rings. The molecule has 0 bridgehead atoms. The number of aromatic nitrogens is 1. The number of carbonyl (C=O) groups excluding carboxylic acids is 1. The van der Waals surface area contributed by atoms with Crippen molar-refractivity contribution in [2.45, 2.75) is 26.9 Å². The Labute approximate surface area is 165 Å². The second kappa shape index (κ2) is 8.67. The van der Waals surface area contributed by atoms with Gasteiger partial charge < -0.3 is 9.30 Å². The second-order valence-electron chi connectivity index (χ2n) is 6.76. The quantitative estimate of drug-likeness (QED) is 0.517. The van der Waals surface area contributed by atoms with Gasteiger partial charge in [0.15, 0.2) is 6.10 Å². The molecule has 0 saturated heterocycles. The van der Waals surface area contributed by atoms with Gasteiger partial charge in [0, 0.05) is 29.7 Å². The maximum absolute atomic E-state index is 12.4. The third kappa shape index (κ3) is 4.21. The first-order valence-electron chi connectivity index (χ1n) is 9.18. The van der Waals surface area contributed by atoms with Gasteiger partial charge in [0.25, 0.3) is 5.91 Å². The third-order valence-electron chi connectivity index (χ3n) is 4.72. The first-order valence-corrected chi connectivity index (χ1v) is 9.18. The molecule has 1 N–H and O–H groups in total. The normalized spacial score (nSPS) is 12.3. The van der Waals surface area contributed by atoms with Crippen LogP contribution in [0.25, 0.3) is 5.69 Å². The Morgan fingerprint density at radius 2 is 1.75 bits per heavy atom. The zero-order valence-electron chi connectivity index (χ0n) is 16.6. The average molecular weight is 375 g/mol. The number of hydrogen-bond acceptors (Lipinski definition) is 3. The number of hydrogen-bond donors (Lipinski definition) is 1. The van der Waals surface area contributed by atoms with Gasteiger partial charge in [0.1, 0.15) is 0 Å². The van der Waals surface area contributed by atoms with Gasteiger partial charge in [-0.3, -0.25) is 4.79 Å². The first kappa shape index (κ1) is 19.6. The molecular weight excluding hydrogens is 350 g/mol. The molecule has 0 saturated carbocycles. The molecule has 2 aromatic carbocycles. The van der Waals surface area contributed by atoms with Crippen LogP contribution in [0.1, 0.15) is 34.2 Å². The van der Waals surface area contributed by atoms with Crippen molar-refractivity contribution in [1.82, 2.24) is 9.99 Å². The van der Waals surface area contributed by atoms with Crippen LogP contribution in [-0.2, 0) is 9.53 Å². The number of hydrazone groups is 1. The highest BCUT2D eigenvalue weighted by Gasteiger charge is 2.19. The van der Waals surface area contributed by atoms with Gasteiger partial charge in [-0.05, 0) is 44.5 Å². The molecule has 0 aliphatic carbocycles. The minimum Gasteiger partial charge on any atom is -0.367 e. The predicted octanol–water partition coefficient (Wildman–Crippen LogP) is 4.24. The summed E-state index contributed by atoms with van der Waals surface area (Å²) in [4.78, 5) is 12.4. The molecule has 5 nitrogen and oxygen atoms in total. The van der Waals surface area contributed by atoms with Crippen LogP contribution >= 0.6 is 0 Å². The van der Waals surface area contributed by atoms with E-state index in [9.17, 15) is 4.79 Å². The van der Waals surface area contributed by atoms with Crippen molar-refractivity contribution in [3.8, 4) is 5.69 Å². The van der Waals surface area contributed by atoms with Crippen LogP contribution in [0.3, 0.4) is 0 Å². The minimum atomic E-state index is -0.696. The fourth-order valence-corrected chi connectivity index (χ4v) is 3.26. The number of nitrogens with one attached hydrogen (secondary N) is 1. The maximum atomic E-state index is 12.4. The summed E-state index contributed by atoms with van der Waals surface area (Å²) in [5.41, 5.74) is 8.81. The number of methoxy groups -OCH3 is 1. The number of benzene rings is 2. The van der Waals surface area contributed by atoms with Crippen LogP contribution in [0.5, 0.6) is 0 Å². The van der Waals surface area contributed by atoms with Gasteiger partial charge in [0.2, 0.25) is 0 Å². The molecule has 1 aromatic heterocycles. The Morgan fingerprint density at radius 3 is 2.39 bits per heavy atom. The molecule has 0 radical (unpaired) electrons. The van der Waals surface area contributed by atoms with Crippen LogP contribution in [0.2, 0.25) is 0 Å². The van der Waals surface area contributed by atoms with Crippen LogP contribution in [0.15, 0.2) is 65.8 Å². The van der Waals surface area contributed by atoms with E-state index in [0.29, 0.717) is 0 Å². The smallest absolute Gasteiger partial charge is 0.273 e. The van der Waals surface area contributed by atoms with E-state index in [2.05, 4.69) is 59.3 Å². The molecule has 0 fully saturated rings. The van der Waals surface area contributed by atoms with Crippen LogP contribution in [-0.4, -0.2) is 23.8 Å². The van der Waals surface area contributed by atoms with Gasteiger partial charge in [-0.15, -0.1) is 0 Å². The summed E-state index contributed by atoms with van der Waals surface area (Å²) in [7, 11) is 1.51. The summed E-state index contributed by atoms with van der Waals surface area (Å²) in [6.07, 6.45) is 0.973. The Balaban J connectivity index is 1.75. The summed E-state index contributed by atoms with van der Waals surface area (Å²) in [6, 6.07) is 19.8. The molecular formula is C23H25N3O2. The van der Waals surface area contributed by atoms with E-state index < -0.39 is 6.10 Å². The van der Waals surface area contributed by atoms with Crippen LogP contribution < -0.4 is 5.43 Å². The Morgan fingerprint density at radius 1 is 1.07 bits per heavy atom. The van der Waals surface area contributed by atoms with Crippen molar-refractivity contribution < 1.29 is 9.53 Å². The SMILES string of the molecule is COC(C(=O)N/N=C/c1cc(C)n(-c2ccc(C)cc2)c1C)c1ccccc1. The van der Waals surface area contributed by atoms with Crippen molar-refractivity contribution in [2.24, 2.45) is 5.10 Å². The molecule has 5 heteroatoms. The molecule has 1 atom stereocenters. The molecule has 144 valence electrons. The van der Waals surface area contributed by atoms with E-state index in [0.717, 1.165) is 28.2 Å². The number of rotatable bonds is 6. The van der Waals surface area contributed by atoms with Crippen LogP contribution in [0, 0.1) is 20.8 Å². The van der Waals surface area contributed by atoms with E-state index in [1.807, 2.05) is 37.3 Å². The molecule has 0 spiro atoms. The standard InChI is InChI=1S/C23H25N3O2/c1-16-10-12-21(13-11-16)26-17(2)14-20(18(26)3)15-24-25-23(27)22(28-4)19-8-6-5-7-9-19/h5-15,22H,1-4H3,(H,25,27)/b24-15+. The highest BCUT2D eigenvalue weighted by atomic mass is 16.5. The summed E-state index contributed by atoms with van der Waals surface area (Å²) in [6.45, 7) is 6.17. The number of aryl methyl sites for hydroxylation is 2. The summed E-state index contributed by atoms with van der Waals surface area (Å²) < 4.78 is 7.50. The van der Waals surface area contributed by atoms with E-state index in [1.54, 1.807) is 6.21 Å². The van der Waals surface area contributed by atoms with E-state index in [1.165, 1.54) is 12.7 Å². The monoisotopic (exact) mass is 375 g/mol. The fourth-order valence-electron chi connectivity index (χ4n) is 3.26. The zero-order valence-corrected chi connectivity index (χ0v) is 16.6. The number of ether oxygens (including phenoxy) is 1. The summed E-state index contributed by atoms with van der Waals surface area (Å²) in [5, 5.41) is 4.14. The van der Waals surface area contributed by atoms with Crippen molar-refractivity contribution in [2.75, 3.05) is 7.11 Å². The fraction of sp³-hybridized carbons (Fsp3) is 0.217. The lowest BCUT2D eigenvalue weighted by molar-refractivity contribution is -0.131. The van der Waals surface area contributed by atoms with Gasteiger partial charge in [-0.25, -0.2) is 5.43 Å². The molecule has 0 aliphatic rings. The zero-order chi connectivity index (χ0) is 20.1. The average Bonchev–Trinajstić information content (AvgIpc) is 2.97. The number of carbonyl (C=O) groups is 1. The lowest BCUT2D eigenvalue weighted by Crippen LogP contribution is -2.26. The maximum Gasteiger partial charge on any atom is 0.273 e. The second-order valence-corrected chi connectivity index (χ2v) is 6.76. The van der Waals surface area contributed by atoms with E-state index in [-0.39, 0.29) is 5.91 Å². The minimum absolute atomic E-state index is 0.308.